The number of carbonyl (C=O) groups excluding carboxylic acids is 2. The minimum absolute atomic E-state index is 0.0289. The molecule has 61 heavy (non-hydrogen) atoms. The summed E-state index contributed by atoms with van der Waals surface area (Å²) in [5.74, 6) is -0.155. The van der Waals surface area contributed by atoms with E-state index in [2.05, 4.69) is 41.2 Å². The molecule has 2 saturated heterocycles. The van der Waals surface area contributed by atoms with Gasteiger partial charge in [0, 0.05) is 37.3 Å². The van der Waals surface area contributed by atoms with Gasteiger partial charge in [-0.25, -0.2) is 0 Å². The van der Waals surface area contributed by atoms with Crippen molar-refractivity contribution in [1.29, 1.82) is 0 Å². The Hall–Kier alpha value is -4.68. The van der Waals surface area contributed by atoms with E-state index in [1.807, 2.05) is 74.8 Å². The molecule has 8 rings (SSSR count). The Labute approximate surface area is 355 Å². The molecule has 6 nitrogen and oxygen atoms in total. The Morgan fingerprint density at radius 3 is 1.44 bits per heavy atom. The van der Waals surface area contributed by atoms with Gasteiger partial charge < -0.3 is 20.4 Å². The fourth-order valence-corrected chi connectivity index (χ4v) is 10.1. The maximum Gasteiger partial charge on any atom is 0.416 e. The van der Waals surface area contributed by atoms with Crippen molar-refractivity contribution in [1.82, 2.24) is 20.4 Å². The first-order valence-electron chi connectivity index (χ1n) is 21.2. The van der Waals surface area contributed by atoms with Crippen molar-refractivity contribution in [3.63, 3.8) is 0 Å². The van der Waals surface area contributed by atoms with E-state index in [9.17, 15) is 35.9 Å². The van der Waals surface area contributed by atoms with Gasteiger partial charge in [0.15, 0.2) is 0 Å². The highest BCUT2D eigenvalue weighted by Gasteiger charge is 2.46. The van der Waals surface area contributed by atoms with Gasteiger partial charge in [-0.2, -0.15) is 26.3 Å². The topological polar surface area (TPSA) is 64.7 Å². The number of nitrogens with one attached hydrogen (secondary N) is 2. The van der Waals surface area contributed by atoms with Gasteiger partial charge in [0.25, 0.3) is 11.8 Å². The summed E-state index contributed by atoms with van der Waals surface area (Å²) in [5.41, 5.74) is 1.19. The van der Waals surface area contributed by atoms with Crippen molar-refractivity contribution in [3.05, 3.63) is 142 Å². The highest BCUT2D eigenvalue weighted by Crippen LogP contribution is 2.46. The molecule has 12 heteroatoms. The van der Waals surface area contributed by atoms with E-state index in [-0.39, 0.29) is 29.1 Å². The molecule has 2 aliphatic heterocycles. The number of alkyl halides is 6. The largest absolute Gasteiger partial charge is 0.416 e. The lowest BCUT2D eigenvalue weighted by molar-refractivity contribution is -0.138. The summed E-state index contributed by atoms with van der Waals surface area (Å²) in [5, 5.41) is 6.52. The van der Waals surface area contributed by atoms with Crippen molar-refractivity contribution < 1.29 is 35.9 Å². The SMILES string of the molecule is CC1CN(C)CC(NC(=O)c2ccc(C(F)(F)F)cc2C2CC2)(c2ccccc2)C1.CN1CC(C)(C)CC(NC(=O)c2ccc(C(F)(F)F)cc2C2CC2)(c2ccccc2)C1. The standard InChI is InChI=1S/C25H29F3N2O.C24H27F3N2O/c1-23(2)14-24(16-30(3)15-23,18-7-5-4-6-8-18)29-22(31)20-12-11-19(25(26,27)28)13-21(20)17-9-10-17;1-16-13-23(15-29(2)14-16,18-6-4-3-5-7-18)28-22(30)20-11-10-19(24(25,26)27)12-21(20)17-8-9-17/h4-8,11-13,17H,9-10,14-16H2,1-3H3,(H,29,31);3-7,10-12,16-17H,8-9,13-15H2,1-2H3,(H,28,30). The number of likely N-dealkylation sites (tertiary alicyclic amines) is 2. The molecule has 0 bridgehead atoms. The molecule has 2 saturated carbocycles. The Bertz CT molecular complexity index is 2190. The fraction of sp³-hybridized carbons (Fsp3) is 0.469. The van der Waals surface area contributed by atoms with Gasteiger partial charge in [0.1, 0.15) is 0 Å². The number of benzene rings is 4. The third kappa shape index (κ3) is 10.3. The molecule has 0 radical (unpaired) electrons. The van der Waals surface area contributed by atoms with Crippen LogP contribution in [-0.4, -0.2) is 61.9 Å². The molecular formula is C49H56F6N4O2. The summed E-state index contributed by atoms with van der Waals surface area (Å²) in [6.07, 6.45) is -4.00. The first-order valence-corrected chi connectivity index (χ1v) is 21.2. The first kappa shape index (κ1) is 44.4. The van der Waals surface area contributed by atoms with Gasteiger partial charge in [-0.3, -0.25) is 9.59 Å². The quantitative estimate of drug-likeness (QED) is 0.173. The van der Waals surface area contributed by atoms with E-state index >= 15 is 0 Å². The molecule has 4 aromatic rings. The van der Waals surface area contributed by atoms with Crippen LogP contribution < -0.4 is 10.6 Å². The van der Waals surface area contributed by atoms with E-state index in [0.29, 0.717) is 41.3 Å². The number of likely N-dealkylation sites (N-methyl/N-ethyl adjacent to an activating group) is 2. The van der Waals surface area contributed by atoms with Gasteiger partial charge in [-0.15, -0.1) is 0 Å². The summed E-state index contributed by atoms with van der Waals surface area (Å²) < 4.78 is 79.4. The van der Waals surface area contributed by atoms with Crippen molar-refractivity contribution in [2.45, 2.75) is 94.6 Å². The van der Waals surface area contributed by atoms with Gasteiger partial charge >= 0.3 is 12.4 Å². The second-order valence-electron chi connectivity index (χ2n) is 19.0. The Morgan fingerprint density at radius 1 is 0.607 bits per heavy atom. The van der Waals surface area contributed by atoms with Crippen molar-refractivity contribution >= 4 is 11.8 Å². The highest BCUT2D eigenvalue weighted by atomic mass is 19.4. The smallest absolute Gasteiger partial charge is 0.341 e. The number of halogens is 6. The van der Waals surface area contributed by atoms with Gasteiger partial charge in [-0.05, 0) is 134 Å². The lowest BCUT2D eigenvalue weighted by Gasteiger charge is -2.49. The Balaban J connectivity index is 0.000000184. The van der Waals surface area contributed by atoms with Crippen LogP contribution in [0.3, 0.4) is 0 Å². The maximum atomic E-state index is 13.5. The molecule has 2 amide bonds. The molecular weight excluding hydrogens is 791 g/mol. The van der Waals surface area contributed by atoms with Crippen LogP contribution >= 0.6 is 0 Å². The van der Waals surface area contributed by atoms with Crippen molar-refractivity contribution in [2.24, 2.45) is 11.3 Å². The third-order valence-electron chi connectivity index (χ3n) is 12.5. The van der Waals surface area contributed by atoms with Crippen LogP contribution in [0.15, 0.2) is 97.1 Å². The van der Waals surface area contributed by atoms with Crippen LogP contribution in [0.1, 0.15) is 125 Å². The maximum absolute atomic E-state index is 13.5. The van der Waals surface area contributed by atoms with E-state index in [1.54, 1.807) is 0 Å². The monoisotopic (exact) mass is 846 g/mol. The minimum Gasteiger partial charge on any atom is -0.341 e. The Kier molecular flexibility index (Phi) is 12.3. The summed E-state index contributed by atoms with van der Waals surface area (Å²) >= 11 is 0. The fourth-order valence-electron chi connectivity index (χ4n) is 10.1. The number of hydrogen-bond acceptors (Lipinski definition) is 4. The van der Waals surface area contributed by atoms with E-state index in [0.717, 1.165) is 80.9 Å². The molecule has 0 spiro atoms. The summed E-state index contributed by atoms with van der Waals surface area (Å²) in [7, 11) is 4.08. The number of rotatable bonds is 8. The highest BCUT2D eigenvalue weighted by molar-refractivity contribution is 5.97. The zero-order valence-corrected chi connectivity index (χ0v) is 35.5. The van der Waals surface area contributed by atoms with Crippen LogP contribution in [0.2, 0.25) is 0 Å². The number of piperidine rings is 2. The van der Waals surface area contributed by atoms with Gasteiger partial charge in [0.2, 0.25) is 0 Å². The second kappa shape index (κ2) is 16.9. The van der Waals surface area contributed by atoms with Crippen LogP contribution in [0.5, 0.6) is 0 Å². The van der Waals surface area contributed by atoms with Crippen LogP contribution in [0.4, 0.5) is 26.3 Å². The lowest BCUT2D eigenvalue weighted by Crippen LogP contribution is -2.60. The molecule has 4 aromatic carbocycles. The molecule has 4 fully saturated rings. The first-order chi connectivity index (χ1) is 28.7. The van der Waals surface area contributed by atoms with Crippen molar-refractivity contribution in [2.75, 3.05) is 40.3 Å². The van der Waals surface area contributed by atoms with Crippen molar-refractivity contribution in [3.8, 4) is 0 Å². The van der Waals surface area contributed by atoms with Crippen LogP contribution in [0, 0.1) is 11.3 Å². The lowest BCUT2D eigenvalue weighted by atomic mass is 9.71. The summed E-state index contributed by atoms with van der Waals surface area (Å²) in [4.78, 5) is 31.3. The average molecular weight is 847 g/mol. The number of nitrogens with zero attached hydrogens (tertiary/aromatic N) is 2. The van der Waals surface area contributed by atoms with E-state index < -0.39 is 34.6 Å². The third-order valence-corrected chi connectivity index (χ3v) is 12.5. The van der Waals surface area contributed by atoms with Crippen LogP contribution in [-0.2, 0) is 23.4 Å². The average Bonchev–Trinajstić information content (AvgIpc) is 4.11. The molecule has 3 atom stereocenters. The number of hydrogen-bond donors (Lipinski definition) is 2. The molecule has 2 heterocycles. The number of carbonyl (C=O) groups is 2. The van der Waals surface area contributed by atoms with E-state index in [4.69, 9.17) is 0 Å². The Morgan fingerprint density at radius 2 is 1.03 bits per heavy atom. The van der Waals surface area contributed by atoms with Crippen LogP contribution in [0.25, 0.3) is 0 Å². The van der Waals surface area contributed by atoms with Gasteiger partial charge in [0.05, 0.1) is 22.2 Å². The predicted molar refractivity (Wildman–Crippen MR) is 225 cm³/mol. The number of amides is 2. The molecule has 4 aliphatic rings. The minimum atomic E-state index is -4.42. The zero-order valence-electron chi connectivity index (χ0n) is 35.5. The zero-order chi connectivity index (χ0) is 44.0. The summed E-state index contributed by atoms with van der Waals surface area (Å²) in [6, 6.07) is 26.8. The second-order valence-corrected chi connectivity index (χ2v) is 19.0. The molecule has 3 unspecified atom stereocenters. The normalized spacial score (nSPS) is 24.6. The molecule has 2 N–H and O–H groups in total. The molecule has 2 aliphatic carbocycles. The predicted octanol–water partition coefficient (Wildman–Crippen LogP) is 10.7. The molecule has 0 aromatic heterocycles. The van der Waals surface area contributed by atoms with Gasteiger partial charge in [-0.1, -0.05) is 81.4 Å². The molecule has 326 valence electrons. The summed E-state index contributed by atoms with van der Waals surface area (Å²) in [6.45, 7) is 9.68. The van der Waals surface area contributed by atoms with E-state index in [1.165, 1.54) is 18.2 Å².